The Labute approximate surface area is 153 Å². The van der Waals surface area contributed by atoms with Crippen molar-refractivity contribution in [1.82, 2.24) is 9.13 Å². The minimum absolute atomic E-state index is 0.00103. The van der Waals surface area contributed by atoms with Crippen molar-refractivity contribution in [1.29, 1.82) is 0 Å². The molecule has 0 aliphatic carbocycles. The quantitative estimate of drug-likeness (QED) is 0.625. The average molecular weight is 435 g/mol. The predicted molar refractivity (Wildman–Crippen MR) is 104 cm³/mol. The van der Waals surface area contributed by atoms with E-state index in [4.69, 9.17) is 0 Å². The summed E-state index contributed by atoms with van der Waals surface area (Å²) in [5.41, 5.74) is 2.27. The fourth-order valence-electron chi connectivity index (χ4n) is 2.76. The van der Waals surface area contributed by atoms with Gasteiger partial charge in [-0.25, -0.2) is 4.79 Å². The summed E-state index contributed by atoms with van der Waals surface area (Å²) in [5, 5.41) is 2.88. The van der Waals surface area contributed by atoms with Gasteiger partial charge < -0.3 is 5.32 Å². The molecule has 24 heavy (non-hydrogen) atoms. The number of rotatable bonds is 5. The molecular formula is C18H18IN3O2. The van der Waals surface area contributed by atoms with Crippen molar-refractivity contribution in [3.8, 4) is 0 Å². The van der Waals surface area contributed by atoms with E-state index in [1.807, 2.05) is 55.5 Å². The summed E-state index contributed by atoms with van der Waals surface area (Å²) in [6, 6.07) is 15.1. The number of hydrogen-bond acceptors (Lipinski definition) is 2. The number of anilines is 1. The molecule has 0 aliphatic heterocycles. The van der Waals surface area contributed by atoms with Crippen LogP contribution in [-0.2, 0) is 17.9 Å². The number of halogens is 1. The minimum Gasteiger partial charge on any atom is -0.324 e. The molecule has 0 radical (unpaired) electrons. The fraction of sp³-hybridized carbons (Fsp3) is 0.222. The molecule has 0 aliphatic rings. The molecule has 2 aromatic carbocycles. The maximum absolute atomic E-state index is 12.7. The summed E-state index contributed by atoms with van der Waals surface area (Å²) in [5.74, 6) is -0.208. The number of hydrogen-bond donors (Lipinski definition) is 1. The first-order valence-electron chi connectivity index (χ1n) is 7.84. The van der Waals surface area contributed by atoms with Crippen LogP contribution in [0.15, 0.2) is 53.3 Å². The summed E-state index contributed by atoms with van der Waals surface area (Å²) in [4.78, 5) is 25.1. The van der Waals surface area contributed by atoms with Crippen LogP contribution in [0.4, 0.5) is 5.69 Å². The molecule has 0 saturated heterocycles. The second kappa shape index (κ2) is 7.21. The summed E-state index contributed by atoms with van der Waals surface area (Å²) in [7, 11) is 0. The number of carbonyl (C=O) groups is 1. The first-order chi connectivity index (χ1) is 11.6. The highest BCUT2D eigenvalue weighted by Gasteiger charge is 2.15. The summed E-state index contributed by atoms with van der Waals surface area (Å²) in [6.07, 6.45) is 0.863. The Bertz CT molecular complexity index is 943. The SMILES string of the molecule is CCCn1c(=O)n(CC(=O)Nc2ccccc2I)c2ccccc21. The van der Waals surface area contributed by atoms with E-state index in [1.54, 1.807) is 4.57 Å². The lowest BCUT2D eigenvalue weighted by Gasteiger charge is -2.08. The summed E-state index contributed by atoms with van der Waals surface area (Å²) in [6.45, 7) is 2.67. The molecule has 0 unspecified atom stereocenters. The Hall–Kier alpha value is -2.09. The van der Waals surface area contributed by atoms with Gasteiger partial charge in [0, 0.05) is 10.1 Å². The molecule has 3 aromatic rings. The molecule has 0 atom stereocenters. The number of para-hydroxylation sites is 3. The van der Waals surface area contributed by atoms with Gasteiger partial charge in [0.25, 0.3) is 0 Å². The van der Waals surface area contributed by atoms with Gasteiger partial charge in [0.15, 0.2) is 0 Å². The van der Waals surface area contributed by atoms with Gasteiger partial charge in [0.1, 0.15) is 6.54 Å². The number of benzene rings is 2. The van der Waals surface area contributed by atoms with E-state index in [9.17, 15) is 9.59 Å². The minimum atomic E-state index is -0.208. The highest BCUT2D eigenvalue weighted by Crippen LogP contribution is 2.17. The number of nitrogens with one attached hydrogen (secondary N) is 1. The molecule has 1 heterocycles. The zero-order chi connectivity index (χ0) is 17.1. The van der Waals surface area contributed by atoms with E-state index in [-0.39, 0.29) is 18.1 Å². The van der Waals surface area contributed by atoms with Crippen LogP contribution >= 0.6 is 22.6 Å². The van der Waals surface area contributed by atoms with Gasteiger partial charge in [-0.3, -0.25) is 13.9 Å². The highest BCUT2D eigenvalue weighted by molar-refractivity contribution is 14.1. The zero-order valence-corrected chi connectivity index (χ0v) is 15.5. The Morgan fingerprint density at radius 3 is 2.33 bits per heavy atom. The van der Waals surface area contributed by atoms with E-state index >= 15 is 0 Å². The normalized spacial score (nSPS) is 10.9. The monoisotopic (exact) mass is 435 g/mol. The maximum Gasteiger partial charge on any atom is 0.329 e. The van der Waals surface area contributed by atoms with E-state index in [0.29, 0.717) is 6.54 Å². The molecule has 1 aromatic heterocycles. The van der Waals surface area contributed by atoms with Crippen molar-refractivity contribution in [2.24, 2.45) is 0 Å². The maximum atomic E-state index is 12.7. The van der Waals surface area contributed by atoms with Crippen molar-refractivity contribution in [3.05, 3.63) is 62.6 Å². The molecule has 1 amide bonds. The number of nitrogens with zero attached hydrogens (tertiary/aromatic N) is 2. The fourth-order valence-corrected chi connectivity index (χ4v) is 3.28. The van der Waals surface area contributed by atoms with Crippen LogP contribution in [0.5, 0.6) is 0 Å². The highest BCUT2D eigenvalue weighted by atomic mass is 127. The van der Waals surface area contributed by atoms with Crippen LogP contribution in [0.3, 0.4) is 0 Å². The zero-order valence-electron chi connectivity index (χ0n) is 13.3. The number of amides is 1. The molecule has 6 heteroatoms. The molecule has 0 saturated carbocycles. The largest absolute Gasteiger partial charge is 0.329 e. The van der Waals surface area contributed by atoms with Gasteiger partial charge >= 0.3 is 5.69 Å². The third-order valence-electron chi connectivity index (χ3n) is 3.82. The van der Waals surface area contributed by atoms with Crippen LogP contribution in [-0.4, -0.2) is 15.0 Å². The summed E-state index contributed by atoms with van der Waals surface area (Å²) >= 11 is 2.17. The number of aromatic nitrogens is 2. The van der Waals surface area contributed by atoms with Gasteiger partial charge in [-0.05, 0) is 53.3 Å². The van der Waals surface area contributed by atoms with Gasteiger partial charge in [-0.15, -0.1) is 0 Å². The van der Waals surface area contributed by atoms with Crippen LogP contribution in [0, 0.1) is 3.57 Å². The van der Waals surface area contributed by atoms with Crippen molar-refractivity contribution >= 4 is 45.2 Å². The lowest BCUT2D eigenvalue weighted by molar-refractivity contribution is -0.116. The molecule has 124 valence electrons. The first kappa shape index (κ1) is 16.8. The Kier molecular flexibility index (Phi) is 5.03. The van der Waals surface area contributed by atoms with Crippen LogP contribution in [0.1, 0.15) is 13.3 Å². The van der Waals surface area contributed by atoms with E-state index in [2.05, 4.69) is 27.9 Å². The molecule has 0 spiro atoms. The Morgan fingerprint density at radius 1 is 1.04 bits per heavy atom. The number of fused-ring (bicyclic) bond motifs is 1. The number of carbonyl (C=O) groups excluding carboxylic acids is 1. The van der Waals surface area contributed by atoms with E-state index in [0.717, 1.165) is 26.7 Å². The van der Waals surface area contributed by atoms with Gasteiger partial charge in [0.05, 0.1) is 16.7 Å². The smallest absolute Gasteiger partial charge is 0.324 e. The predicted octanol–water partition coefficient (Wildman–Crippen LogP) is 3.46. The third kappa shape index (κ3) is 3.24. The molecule has 3 rings (SSSR count). The number of aryl methyl sites for hydroxylation is 1. The van der Waals surface area contributed by atoms with Crippen LogP contribution in [0.25, 0.3) is 11.0 Å². The van der Waals surface area contributed by atoms with E-state index in [1.165, 1.54) is 4.57 Å². The van der Waals surface area contributed by atoms with Crippen LogP contribution in [0.2, 0.25) is 0 Å². The van der Waals surface area contributed by atoms with Crippen molar-refractivity contribution in [2.75, 3.05) is 5.32 Å². The Balaban J connectivity index is 1.93. The third-order valence-corrected chi connectivity index (χ3v) is 4.76. The van der Waals surface area contributed by atoms with Gasteiger partial charge in [-0.1, -0.05) is 31.2 Å². The lowest BCUT2D eigenvalue weighted by Crippen LogP contribution is -2.29. The molecular weight excluding hydrogens is 417 g/mol. The van der Waals surface area contributed by atoms with Crippen molar-refractivity contribution < 1.29 is 4.79 Å². The topological polar surface area (TPSA) is 56.0 Å². The van der Waals surface area contributed by atoms with E-state index < -0.39 is 0 Å². The van der Waals surface area contributed by atoms with Crippen LogP contribution < -0.4 is 11.0 Å². The van der Waals surface area contributed by atoms with Gasteiger partial charge in [0.2, 0.25) is 5.91 Å². The Morgan fingerprint density at radius 2 is 1.67 bits per heavy atom. The first-order valence-corrected chi connectivity index (χ1v) is 8.92. The molecule has 5 nitrogen and oxygen atoms in total. The van der Waals surface area contributed by atoms with Crippen molar-refractivity contribution in [2.45, 2.75) is 26.4 Å². The standard InChI is InChI=1S/C18H18IN3O2/c1-2-11-21-15-9-5-6-10-16(15)22(18(21)24)12-17(23)20-14-8-4-3-7-13(14)19/h3-10H,2,11-12H2,1H3,(H,20,23). The molecule has 0 fully saturated rings. The molecule has 0 bridgehead atoms. The van der Waals surface area contributed by atoms with Crippen molar-refractivity contribution in [3.63, 3.8) is 0 Å². The number of imidazole rings is 1. The molecule has 1 N–H and O–H groups in total. The summed E-state index contributed by atoms with van der Waals surface area (Å²) < 4.78 is 4.23. The second-order valence-electron chi connectivity index (χ2n) is 5.54. The average Bonchev–Trinajstić information content (AvgIpc) is 2.83. The van der Waals surface area contributed by atoms with Gasteiger partial charge in [-0.2, -0.15) is 0 Å². The lowest BCUT2D eigenvalue weighted by atomic mass is 10.3. The second-order valence-corrected chi connectivity index (χ2v) is 6.70.